The summed E-state index contributed by atoms with van der Waals surface area (Å²) in [6.07, 6.45) is -16.4. The van der Waals surface area contributed by atoms with Gasteiger partial charge in [0.15, 0.2) is 23.5 Å². The van der Waals surface area contributed by atoms with E-state index in [-0.39, 0.29) is 16.9 Å². The zero-order valence-corrected chi connectivity index (χ0v) is 23.6. The van der Waals surface area contributed by atoms with Gasteiger partial charge in [-0.3, -0.25) is 4.79 Å². The Morgan fingerprint density at radius 2 is 1.36 bits per heavy atom. The number of benzene rings is 2. The van der Waals surface area contributed by atoms with Crippen LogP contribution in [0.15, 0.2) is 33.5 Å². The molecule has 0 spiro atoms. The third-order valence-corrected chi connectivity index (χ3v) is 7.57. The highest BCUT2D eigenvalue weighted by atomic mass is 16.7. The van der Waals surface area contributed by atoms with Crippen LogP contribution in [0, 0.1) is 0 Å². The van der Waals surface area contributed by atoms with E-state index < -0.39 is 113 Å². The molecular formula is C28H32O17. The van der Waals surface area contributed by atoms with E-state index in [2.05, 4.69) is 0 Å². The van der Waals surface area contributed by atoms with Crippen molar-refractivity contribution in [2.24, 2.45) is 0 Å². The maximum atomic E-state index is 13.7. The summed E-state index contributed by atoms with van der Waals surface area (Å²) in [5.41, 5.74) is -1.58. The van der Waals surface area contributed by atoms with E-state index in [1.807, 2.05) is 0 Å². The van der Waals surface area contributed by atoms with Crippen molar-refractivity contribution in [1.82, 2.24) is 0 Å². The minimum atomic E-state index is -2.00. The highest BCUT2D eigenvalue weighted by molar-refractivity contribution is 5.88. The minimum Gasteiger partial charge on any atom is -0.508 e. The molecule has 0 amide bonds. The summed E-state index contributed by atoms with van der Waals surface area (Å²) in [6.45, 7) is 0.793. The minimum absolute atomic E-state index is 0.174. The number of phenolic OH excluding ortho intramolecular Hbond substituents is 4. The van der Waals surface area contributed by atoms with E-state index >= 15 is 0 Å². The summed E-state index contributed by atoms with van der Waals surface area (Å²) in [4.78, 5) is 13.7. The second kappa shape index (κ2) is 12.5. The molecule has 10 atom stereocenters. The molecule has 17 heteroatoms. The second-order valence-corrected chi connectivity index (χ2v) is 10.6. The fraction of sp³-hybridized carbons (Fsp3) is 0.464. The van der Waals surface area contributed by atoms with Crippen LogP contribution in [0.3, 0.4) is 0 Å². The van der Waals surface area contributed by atoms with Gasteiger partial charge in [0.1, 0.15) is 65.2 Å². The van der Waals surface area contributed by atoms with Gasteiger partial charge in [-0.25, -0.2) is 0 Å². The topological polar surface area (TPSA) is 279 Å². The number of hydrogen-bond donors (Lipinski definition) is 10. The fourth-order valence-electron chi connectivity index (χ4n) is 5.11. The normalized spacial score (nSPS) is 32.0. The summed E-state index contributed by atoms with van der Waals surface area (Å²) < 4.78 is 32.8. The first-order valence-electron chi connectivity index (χ1n) is 13.5. The van der Waals surface area contributed by atoms with E-state index in [9.17, 15) is 55.9 Å². The van der Waals surface area contributed by atoms with Crippen LogP contribution in [0.5, 0.6) is 34.5 Å². The van der Waals surface area contributed by atoms with Gasteiger partial charge in [-0.15, -0.1) is 0 Å². The van der Waals surface area contributed by atoms with Crippen molar-refractivity contribution in [2.75, 3.05) is 13.7 Å². The third-order valence-electron chi connectivity index (χ3n) is 7.57. The van der Waals surface area contributed by atoms with Crippen LogP contribution in [0.2, 0.25) is 0 Å². The number of fused-ring (bicyclic) bond motifs is 1. The van der Waals surface area contributed by atoms with Crippen LogP contribution in [-0.4, -0.2) is 126 Å². The number of methoxy groups -OCH3 is 1. The molecule has 246 valence electrons. The van der Waals surface area contributed by atoms with E-state index in [4.69, 9.17) is 28.1 Å². The average molecular weight is 641 g/mol. The predicted octanol–water partition coefficient (Wildman–Crippen LogP) is -1.68. The maximum absolute atomic E-state index is 13.7. The molecule has 3 aromatic rings. The molecule has 2 aliphatic heterocycles. The Morgan fingerprint density at radius 1 is 0.733 bits per heavy atom. The molecule has 17 nitrogen and oxygen atoms in total. The van der Waals surface area contributed by atoms with Gasteiger partial charge in [0.05, 0.1) is 19.8 Å². The monoisotopic (exact) mass is 640 g/mol. The Balaban J connectivity index is 1.51. The van der Waals surface area contributed by atoms with Gasteiger partial charge in [0.2, 0.25) is 23.2 Å². The molecule has 0 radical (unpaired) electrons. The third kappa shape index (κ3) is 5.92. The molecule has 0 bridgehead atoms. The number of ether oxygens (including phenoxy) is 5. The Labute approximate surface area is 252 Å². The molecule has 2 saturated heterocycles. The summed E-state index contributed by atoms with van der Waals surface area (Å²) in [5, 5.41) is 103. The summed E-state index contributed by atoms with van der Waals surface area (Å²) in [6, 6.07) is 3.93. The van der Waals surface area contributed by atoms with Crippen LogP contribution in [0.1, 0.15) is 6.92 Å². The van der Waals surface area contributed by atoms with E-state index in [1.165, 1.54) is 14.0 Å². The highest BCUT2D eigenvalue weighted by Gasteiger charge is 2.48. The zero-order valence-electron chi connectivity index (χ0n) is 23.6. The lowest BCUT2D eigenvalue weighted by molar-refractivity contribution is -0.318. The molecule has 45 heavy (non-hydrogen) atoms. The molecule has 0 saturated carbocycles. The van der Waals surface area contributed by atoms with Crippen LogP contribution in [0.25, 0.3) is 22.3 Å². The molecule has 2 aliphatic rings. The lowest BCUT2D eigenvalue weighted by Gasteiger charge is -2.42. The van der Waals surface area contributed by atoms with Gasteiger partial charge in [0.25, 0.3) is 0 Å². The lowest BCUT2D eigenvalue weighted by atomic mass is 9.98. The standard InChI is InChI=1S/C28H32O17/c1-8-17(33)20(36)22(38)27(42-8)41-7-15-18(34)21(37)23(39)28(44-15)45-26-19(35)16-11(30)5-10(29)6-14(16)43-24(26)9-3-12(31)25(40-2)13(32)4-9/h3-6,8,15,17-18,20-23,27-34,36-39H,7H2,1-2H3. The molecule has 0 aliphatic carbocycles. The number of aliphatic hydroxyl groups is 6. The van der Waals surface area contributed by atoms with Gasteiger partial charge in [-0.2, -0.15) is 0 Å². The van der Waals surface area contributed by atoms with Gasteiger partial charge in [-0.1, -0.05) is 0 Å². The molecular weight excluding hydrogens is 608 g/mol. The largest absolute Gasteiger partial charge is 0.508 e. The fourth-order valence-corrected chi connectivity index (χ4v) is 5.11. The summed E-state index contributed by atoms with van der Waals surface area (Å²) >= 11 is 0. The Hall–Kier alpha value is -3.91. The molecule has 2 fully saturated rings. The van der Waals surface area contributed by atoms with Crippen molar-refractivity contribution in [3.63, 3.8) is 0 Å². The number of phenols is 4. The van der Waals surface area contributed by atoms with Gasteiger partial charge >= 0.3 is 0 Å². The Bertz CT molecular complexity index is 1580. The quantitative estimate of drug-likeness (QED) is 0.138. The van der Waals surface area contributed by atoms with Crippen LogP contribution in [-0.2, 0) is 14.2 Å². The first kappa shape index (κ1) is 32.5. The van der Waals surface area contributed by atoms with Gasteiger partial charge in [0, 0.05) is 17.7 Å². The van der Waals surface area contributed by atoms with Crippen molar-refractivity contribution < 1.29 is 79.2 Å². The lowest BCUT2D eigenvalue weighted by Crippen LogP contribution is -2.61. The average Bonchev–Trinajstić information content (AvgIpc) is 2.98. The first-order valence-corrected chi connectivity index (χ1v) is 13.5. The van der Waals surface area contributed by atoms with Gasteiger partial charge in [-0.05, 0) is 19.1 Å². The van der Waals surface area contributed by atoms with Crippen molar-refractivity contribution in [3.05, 3.63) is 34.5 Å². The molecule has 5 rings (SSSR count). The molecule has 2 aromatic carbocycles. The predicted molar refractivity (Wildman–Crippen MR) is 147 cm³/mol. The van der Waals surface area contributed by atoms with Crippen molar-refractivity contribution >= 4 is 11.0 Å². The molecule has 3 heterocycles. The number of rotatable bonds is 7. The Morgan fingerprint density at radius 3 is 2.00 bits per heavy atom. The van der Waals surface area contributed by atoms with Crippen LogP contribution >= 0.6 is 0 Å². The smallest absolute Gasteiger partial charge is 0.239 e. The van der Waals surface area contributed by atoms with E-state index in [1.54, 1.807) is 0 Å². The van der Waals surface area contributed by atoms with Crippen molar-refractivity contribution in [2.45, 2.75) is 68.3 Å². The second-order valence-electron chi connectivity index (χ2n) is 10.6. The van der Waals surface area contributed by atoms with E-state index in [0.29, 0.717) is 0 Å². The first-order chi connectivity index (χ1) is 21.2. The molecule has 10 unspecified atom stereocenters. The SMILES string of the molecule is COc1c(O)cc(-c2oc3cc(O)cc(O)c3c(=O)c2OC2OC(COC3OC(C)C(O)C(O)C3O)C(O)C(O)C2O)cc1O. The molecule has 10 N–H and O–H groups in total. The molecule has 1 aromatic heterocycles. The maximum Gasteiger partial charge on any atom is 0.239 e. The van der Waals surface area contributed by atoms with Gasteiger partial charge < -0.3 is 79.2 Å². The number of hydrogen-bond acceptors (Lipinski definition) is 17. The van der Waals surface area contributed by atoms with Crippen LogP contribution < -0.4 is 14.9 Å². The van der Waals surface area contributed by atoms with Crippen molar-refractivity contribution in [1.29, 1.82) is 0 Å². The number of aliphatic hydroxyl groups excluding tert-OH is 6. The van der Waals surface area contributed by atoms with Crippen molar-refractivity contribution in [3.8, 4) is 45.8 Å². The number of aromatic hydroxyl groups is 4. The summed E-state index contributed by atoms with van der Waals surface area (Å²) in [7, 11) is 1.18. The zero-order chi connectivity index (χ0) is 32.9. The summed E-state index contributed by atoms with van der Waals surface area (Å²) in [5.74, 6) is -3.90. The van der Waals surface area contributed by atoms with E-state index in [0.717, 1.165) is 24.3 Å². The Kier molecular flexibility index (Phi) is 9.00. The highest BCUT2D eigenvalue weighted by Crippen LogP contribution is 2.43. The van der Waals surface area contributed by atoms with Crippen LogP contribution in [0.4, 0.5) is 0 Å².